The van der Waals surface area contributed by atoms with E-state index in [0.29, 0.717) is 27.3 Å². The summed E-state index contributed by atoms with van der Waals surface area (Å²) >= 11 is 6.22. The molecule has 0 saturated carbocycles. The summed E-state index contributed by atoms with van der Waals surface area (Å²) in [5.74, 6) is -0.901. The molecule has 0 radical (unpaired) electrons. The quantitative estimate of drug-likeness (QED) is 0.254. The first-order chi connectivity index (χ1) is 19.4. The largest absolute Gasteiger partial charge is 0.463 e. The van der Waals surface area contributed by atoms with Gasteiger partial charge in [0.15, 0.2) is 4.80 Å². The Morgan fingerprint density at radius 2 is 1.85 bits per heavy atom. The number of hydrogen-bond acceptors (Lipinski definition) is 7. The number of amides is 1. The maximum absolute atomic E-state index is 14.2. The van der Waals surface area contributed by atoms with Gasteiger partial charge in [0.1, 0.15) is 4.53 Å². The molecule has 40 heavy (non-hydrogen) atoms. The van der Waals surface area contributed by atoms with Crippen LogP contribution in [-0.4, -0.2) is 29.3 Å². The summed E-state index contributed by atoms with van der Waals surface area (Å²) in [5.41, 5.74) is 3.34. The second-order valence-electron chi connectivity index (χ2n) is 9.04. The van der Waals surface area contributed by atoms with Gasteiger partial charge in [0.05, 0.1) is 29.5 Å². The van der Waals surface area contributed by atoms with Crippen molar-refractivity contribution in [3.8, 4) is 0 Å². The van der Waals surface area contributed by atoms with Crippen molar-refractivity contribution in [2.75, 3.05) is 18.2 Å². The van der Waals surface area contributed by atoms with Crippen molar-refractivity contribution in [3.63, 3.8) is 0 Å². The van der Waals surface area contributed by atoms with E-state index < -0.39 is 17.6 Å². The van der Waals surface area contributed by atoms with Crippen LogP contribution in [0.3, 0.4) is 0 Å². The zero-order chi connectivity index (χ0) is 28.0. The molecular weight excluding hydrogens is 610 g/mol. The van der Waals surface area contributed by atoms with Crippen LogP contribution >= 0.6 is 39.0 Å². The van der Waals surface area contributed by atoms with Gasteiger partial charge >= 0.3 is 5.97 Å². The number of aromatic nitrogens is 1. The third-order valence-electron chi connectivity index (χ3n) is 6.73. The molecule has 0 aliphatic carbocycles. The Bertz CT molecular complexity index is 1890. The van der Waals surface area contributed by atoms with Gasteiger partial charge < -0.3 is 10.1 Å². The van der Waals surface area contributed by atoms with Crippen molar-refractivity contribution in [1.29, 1.82) is 0 Å². The predicted molar refractivity (Wildman–Crippen MR) is 161 cm³/mol. The van der Waals surface area contributed by atoms with Crippen LogP contribution < -0.4 is 20.2 Å². The molecule has 1 atom stereocenters. The predicted octanol–water partition coefficient (Wildman–Crippen LogP) is 4.74. The summed E-state index contributed by atoms with van der Waals surface area (Å²) in [4.78, 5) is 47.3. The lowest BCUT2D eigenvalue weighted by Crippen LogP contribution is -2.40. The van der Waals surface area contributed by atoms with Crippen LogP contribution in [0, 0.1) is 0 Å². The summed E-state index contributed by atoms with van der Waals surface area (Å²) in [5, 5.41) is 2.86. The molecule has 200 valence electrons. The van der Waals surface area contributed by atoms with E-state index in [0.717, 1.165) is 31.8 Å². The molecule has 0 spiro atoms. The molecule has 2 aliphatic rings. The molecule has 6 rings (SSSR count). The third-order valence-corrected chi connectivity index (χ3v) is 9.02. The van der Waals surface area contributed by atoms with Crippen LogP contribution in [-0.2, 0) is 14.3 Å². The number of nitrogens with zero attached hydrogens (tertiary/aromatic N) is 2. The van der Waals surface area contributed by atoms with Crippen molar-refractivity contribution in [2.45, 2.75) is 17.9 Å². The lowest BCUT2D eigenvalue weighted by molar-refractivity contribution is -0.138. The molecule has 2 aliphatic heterocycles. The van der Waals surface area contributed by atoms with Crippen molar-refractivity contribution in [3.05, 3.63) is 119 Å². The number of halogens is 1. The molecule has 1 amide bonds. The van der Waals surface area contributed by atoms with Gasteiger partial charge in [-0.1, -0.05) is 69.7 Å². The molecule has 0 fully saturated rings. The van der Waals surface area contributed by atoms with E-state index in [1.54, 1.807) is 24.8 Å². The molecule has 0 unspecified atom stereocenters. The van der Waals surface area contributed by atoms with Gasteiger partial charge in [-0.15, -0.1) is 11.8 Å². The van der Waals surface area contributed by atoms with Crippen LogP contribution in [0.15, 0.2) is 97.5 Å². The van der Waals surface area contributed by atoms with E-state index in [1.807, 2.05) is 73.0 Å². The first-order valence-corrected chi connectivity index (χ1v) is 15.3. The topological polar surface area (TPSA) is 89.8 Å². The summed E-state index contributed by atoms with van der Waals surface area (Å²) in [7, 11) is 0. The average molecular weight is 633 g/mol. The first kappa shape index (κ1) is 26.5. The highest BCUT2D eigenvalue weighted by molar-refractivity contribution is 9.10. The van der Waals surface area contributed by atoms with Crippen molar-refractivity contribution in [1.82, 2.24) is 4.57 Å². The number of thioether (sulfide) groups is 1. The SMILES string of the molecule is CCOC(=O)C1=C(c2ccccc2)N=c2s/c(=C3\C(=O)Nc4ccc(Br)cc43)c(=O)n2[C@H]1c1ccc(SC)cc1. The number of hydrogen-bond donors (Lipinski definition) is 1. The third kappa shape index (κ3) is 4.46. The number of thiazole rings is 1. The minimum atomic E-state index is -0.804. The number of carbonyl (C=O) groups excluding carboxylic acids is 2. The fourth-order valence-corrected chi connectivity index (χ4v) is 6.82. The highest BCUT2D eigenvalue weighted by atomic mass is 79.9. The Kier molecular flexibility index (Phi) is 7.07. The molecule has 1 N–H and O–H groups in total. The Morgan fingerprint density at radius 1 is 1.10 bits per heavy atom. The van der Waals surface area contributed by atoms with Gasteiger partial charge in [0, 0.05) is 26.2 Å². The molecule has 0 bridgehead atoms. The monoisotopic (exact) mass is 631 g/mol. The number of nitrogens with one attached hydrogen (secondary N) is 1. The van der Waals surface area contributed by atoms with Crippen LogP contribution in [0.4, 0.5) is 5.69 Å². The number of carbonyl (C=O) groups is 2. The van der Waals surface area contributed by atoms with Crippen LogP contribution in [0.25, 0.3) is 11.3 Å². The van der Waals surface area contributed by atoms with Gasteiger partial charge in [-0.3, -0.25) is 14.2 Å². The fraction of sp³-hybridized carbons (Fsp3) is 0.133. The normalized spacial score (nSPS) is 17.2. The lowest BCUT2D eigenvalue weighted by Gasteiger charge is -2.26. The highest BCUT2D eigenvalue weighted by Gasteiger charge is 2.36. The van der Waals surface area contributed by atoms with Crippen LogP contribution in [0.2, 0.25) is 0 Å². The maximum Gasteiger partial charge on any atom is 0.338 e. The summed E-state index contributed by atoms with van der Waals surface area (Å²) in [6, 6.07) is 21.8. The van der Waals surface area contributed by atoms with E-state index >= 15 is 0 Å². The second-order valence-corrected chi connectivity index (χ2v) is 11.8. The minimum Gasteiger partial charge on any atom is -0.463 e. The van der Waals surface area contributed by atoms with Gasteiger partial charge in [-0.2, -0.15) is 0 Å². The maximum atomic E-state index is 14.2. The van der Waals surface area contributed by atoms with E-state index in [2.05, 4.69) is 21.2 Å². The summed E-state index contributed by atoms with van der Waals surface area (Å²) in [6.07, 6.45) is 1.99. The number of fused-ring (bicyclic) bond motifs is 2. The molecule has 3 aromatic carbocycles. The van der Waals surface area contributed by atoms with E-state index in [4.69, 9.17) is 9.73 Å². The van der Waals surface area contributed by atoms with Gasteiger partial charge in [0.25, 0.3) is 11.5 Å². The van der Waals surface area contributed by atoms with Crippen molar-refractivity contribution in [2.24, 2.45) is 4.99 Å². The van der Waals surface area contributed by atoms with Gasteiger partial charge in [-0.25, -0.2) is 9.79 Å². The van der Waals surface area contributed by atoms with Crippen molar-refractivity contribution >= 4 is 67.9 Å². The molecule has 4 aromatic rings. The summed E-state index contributed by atoms with van der Waals surface area (Å²) in [6.45, 7) is 1.91. The average Bonchev–Trinajstić information content (AvgIpc) is 3.47. The zero-order valence-corrected chi connectivity index (χ0v) is 24.7. The van der Waals surface area contributed by atoms with Gasteiger partial charge in [0.2, 0.25) is 0 Å². The molecule has 10 heteroatoms. The standard InChI is InChI=1S/C30H22BrN3O4S2/c1-3-38-29(37)23-24(16-7-5-4-6-8-16)33-30-34(25(23)17-9-12-19(39-2)13-10-17)28(36)26(40-30)22-20-15-18(31)11-14-21(20)32-27(22)35/h4-15,25H,3H2,1-2H3,(H,32,35)/b26-22-/t25-/m0/s1. The first-order valence-electron chi connectivity index (χ1n) is 12.5. The number of ether oxygens (including phenoxy) is 1. The van der Waals surface area contributed by atoms with E-state index in [-0.39, 0.29) is 22.6 Å². The lowest BCUT2D eigenvalue weighted by atomic mass is 9.93. The molecule has 7 nitrogen and oxygen atoms in total. The smallest absolute Gasteiger partial charge is 0.338 e. The Balaban J connectivity index is 1.71. The second kappa shape index (κ2) is 10.7. The zero-order valence-electron chi connectivity index (χ0n) is 21.4. The Morgan fingerprint density at radius 3 is 2.55 bits per heavy atom. The molecule has 0 saturated heterocycles. The van der Waals surface area contributed by atoms with E-state index in [1.165, 1.54) is 4.57 Å². The Hall–Kier alpha value is -3.73. The van der Waals surface area contributed by atoms with Crippen LogP contribution in [0.5, 0.6) is 0 Å². The number of rotatable bonds is 5. The number of benzene rings is 3. The molecule has 1 aromatic heterocycles. The van der Waals surface area contributed by atoms with Crippen LogP contribution in [0.1, 0.15) is 29.7 Å². The number of anilines is 1. The molecular formula is C30H22BrN3O4S2. The summed E-state index contributed by atoms with van der Waals surface area (Å²) < 4.78 is 8.09. The highest BCUT2D eigenvalue weighted by Crippen LogP contribution is 2.36. The minimum absolute atomic E-state index is 0.170. The van der Waals surface area contributed by atoms with Crippen molar-refractivity contribution < 1.29 is 14.3 Å². The molecule has 3 heterocycles. The Labute approximate surface area is 246 Å². The van der Waals surface area contributed by atoms with Gasteiger partial charge in [-0.05, 0) is 49.1 Å². The van der Waals surface area contributed by atoms with E-state index in [9.17, 15) is 14.4 Å². The number of esters is 1. The fourth-order valence-electron chi connectivity index (χ4n) is 4.96.